The zero-order valence-electron chi connectivity index (χ0n) is 13.2. The van der Waals surface area contributed by atoms with Crippen LogP contribution >= 0.6 is 0 Å². The minimum Gasteiger partial charge on any atom is -0.508 e. The number of hydrogen-bond acceptors (Lipinski definition) is 2. The Hall–Kier alpha value is -1.80. The molecule has 2 heteroatoms. The zero-order valence-corrected chi connectivity index (χ0v) is 13.2. The maximum Gasteiger partial charge on any atom is 0.121 e. The van der Waals surface area contributed by atoms with Gasteiger partial charge in [-0.3, -0.25) is 0 Å². The van der Waals surface area contributed by atoms with Crippen molar-refractivity contribution in [3.63, 3.8) is 0 Å². The van der Waals surface area contributed by atoms with Crippen molar-refractivity contribution in [1.82, 2.24) is 0 Å². The third-order valence-electron chi connectivity index (χ3n) is 3.85. The summed E-state index contributed by atoms with van der Waals surface area (Å²) in [6, 6.07) is 18.0. The highest BCUT2D eigenvalue weighted by Crippen LogP contribution is 2.16. The van der Waals surface area contributed by atoms with E-state index in [0.29, 0.717) is 12.4 Å². The van der Waals surface area contributed by atoms with Crippen LogP contribution in [0.5, 0.6) is 5.75 Å². The molecular formula is C20H26O2. The van der Waals surface area contributed by atoms with Gasteiger partial charge >= 0.3 is 0 Å². The molecule has 22 heavy (non-hydrogen) atoms. The number of ether oxygens (including phenoxy) is 1. The van der Waals surface area contributed by atoms with E-state index in [0.717, 1.165) is 18.6 Å². The molecule has 0 bridgehead atoms. The highest BCUT2D eigenvalue weighted by molar-refractivity contribution is 5.30. The van der Waals surface area contributed by atoms with Crippen molar-refractivity contribution in [3.8, 4) is 5.75 Å². The first-order valence-corrected chi connectivity index (χ1v) is 8.25. The summed E-state index contributed by atoms with van der Waals surface area (Å²) in [4.78, 5) is 0. The van der Waals surface area contributed by atoms with Crippen LogP contribution in [0.3, 0.4) is 0 Å². The van der Waals surface area contributed by atoms with Crippen LogP contribution in [0.25, 0.3) is 0 Å². The molecule has 2 aromatic carbocycles. The number of hydrogen-bond donors (Lipinski definition) is 1. The van der Waals surface area contributed by atoms with Gasteiger partial charge in [-0.15, -0.1) is 0 Å². The molecule has 2 aromatic rings. The molecule has 0 aliphatic rings. The smallest absolute Gasteiger partial charge is 0.121 e. The molecule has 0 radical (unpaired) electrons. The lowest BCUT2D eigenvalue weighted by molar-refractivity contribution is 0.115. The molecule has 118 valence electrons. The summed E-state index contributed by atoms with van der Waals surface area (Å²) >= 11 is 0. The summed E-state index contributed by atoms with van der Waals surface area (Å²) < 4.78 is 5.62. The Morgan fingerprint density at radius 1 is 0.727 bits per heavy atom. The van der Waals surface area contributed by atoms with Crippen molar-refractivity contribution in [2.24, 2.45) is 0 Å². The quantitative estimate of drug-likeness (QED) is 0.618. The number of phenolic OH excluding ortho intramolecular Hbond substituents is 1. The van der Waals surface area contributed by atoms with Gasteiger partial charge in [-0.05, 0) is 30.9 Å². The van der Waals surface area contributed by atoms with Gasteiger partial charge in [-0.2, -0.15) is 0 Å². The van der Waals surface area contributed by atoms with E-state index >= 15 is 0 Å². The first-order chi connectivity index (χ1) is 10.9. The molecule has 2 nitrogen and oxygen atoms in total. The molecule has 0 atom stereocenters. The molecule has 0 aromatic heterocycles. The molecule has 0 amide bonds. The predicted octanol–water partition coefficient (Wildman–Crippen LogP) is 5.10. The van der Waals surface area contributed by atoms with Gasteiger partial charge in [0.25, 0.3) is 0 Å². The van der Waals surface area contributed by atoms with Crippen molar-refractivity contribution in [1.29, 1.82) is 0 Å². The number of benzene rings is 2. The van der Waals surface area contributed by atoms with E-state index in [4.69, 9.17) is 4.74 Å². The van der Waals surface area contributed by atoms with E-state index in [1.54, 1.807) is 6.07 Å². The molecule has 0 fully saturated rings. The minimum absolute atomic E-state index is 0.323. The molecule has 0 aliphatic heterocycles. The van der Waals surface area contributed by atoms with Gasteiger partial charge in [-0.25, -0.2) is 0 Å². The molecular weight excluding hydrogens is 272 g/mol. The number of para-hydroxylation sites is 1. The van der Waals surface area contributed by atoms with Crippen LogP contribution < -0.4 is 0 Å². The minimum atomic E-state index is 0.323. The van der Waals surface area contributed by atoms with Crippen molar-refractivity contribution in [2.75, 3.05) is 6.61 Å². The van der Waals surface area contributed by atoms with E-state index in [1.165, 1.54) is 37.7 Å². The number of aryl methyl sites for hydroxylation is 1. The van der Waals surface area contributed by atoms with E-state index in [1.807, 2.05) is 18.2 Å². The second-order valence-electron chi connectivity index (χ2n) is 5.68. The van der Waals surface area contributed by atoms with Crippen molar-refractivity contribution in [2.45, 2.75) is 45.1 Å². The molecule has 0 saturated carbocycles. The Labute approximate surface area is 133 Å². The van der Waals surface area contributed by atoms with Gasteiger partial charge in [-0.1, -0.05) is 67.8 Å². The summed E-state index contributed by atoms with van der Waals surface area (Å²) in [5.41, 5.74) is 2.30. The van der Waals surface area contributed by atoms with Gasteiger partial charge in [0, 0.05) is 12.2 Å². The maximum atomic E-state index is 9.62. The van der Waals surface area contributed by atoms with E-state index in [9.17, 15) is 5.11 Å². The lowest BCUT2D eigenvalue weighted by atomic mass is 10.1. The van der Waals surface area contributed by atoms with Gasteiger partial charge in [0.05, 0.1) is 6.61 Å². The van der Waals surface area contributed by atoms with E-state index < -0.39 is 0 Å². The normalized spacial score (nSPS) is 10.7. The largest absolute Gasteiger partial charge is 0.508 e. The monoisotopic (exact) mass is 298 g/mol. The molecule has 0 heterocycles. The van der Waals surface area contributed by atoms with Crippen LogP contribution in [0.1, 0.15) is 43.2 Å². The Balaban J connectivity index is 1.44. The number of rotatable bonds is 10. The molecule has 0 aliphatic carbocycles. The fraction of sp³-hybridized carbons (Fsp3) is 0.400. The standard InChI is InChI=1S/C20H26O2/c21-20-15-9-8-14-19(20)17-22-16-10-3-1-2-5-11-18-12-6-4-7-13-18/h4,6-9,12-15,21H,1-3,5,10-11,16-17H2. The second-order valence-corrected chi connectivity index (χ2v) is 5.68. The second kappa shape index (κ2) is 10.0. The maximum absolute atomic E-state index is 9.62. The van der Waals surface area contributed by atoms with Crippen LogP contribution in [0.15, 0.2) is 54.6 Å². The fourth-order valence-corrected chi connectivity index (χ4v) is 2.52. The van der Waals surface area contributed by atoms with Gasteiger partial charge in [0.15, 0.2) is 0 Å². The summed E-state index contributed by atoms with van der Waals surface area (Å²) in [7, 11) is 0. The summed E-state index contributed by atoms with van der Waals surface area (Å²) in [5.74, 6) is 0.323. The Morgan fingerprint density at radius 3 is 2.23 bits per heavy atom. The average molecular weight is 298 g/mol. The zero-order chi connectivity index (χ0) is 15.5. The Bertz CT molecular complexity index is 522. The Morgan fingerprint density at radius 2 is 1.41 bits per heavy atom. The first kappa shape index (κ1) is 16.6. The molecule has 0 saturated heterocycles. The van der Waals surface area contributed by atoms with Crippen molar-refractivity contribution >= 4 is 0 Å². The van der Waals surface area contributed by atoms with Gasteiger partial charge in [0.1, 0.15) is 5.75 Å². The summed E-state index contributed by atoms with van der Waals surface area (Å²) in [5, 5.41) is 9.62. The SMILES string of the molecule is Oc1ccccc1COCCCCCCCc1ccccc1. The predicted molar refractivity (Wildman–Crippen MR) is 91.0 cm³/mol. The number of aromatic hydroxyl groups is 1. The Kier molecular flexibility index (Phi) is 7.54. The van der Waals surface area contributed by atoms with Gasteiger partial charge < -0.3 is 9.84 Å². The topological polar surface area (TPSA) is 29.5 Å². The third kappa shape index (κ3) is 6.31. The molecule has 0 spiro atoms. The summed E-state index contributed by atoms with van der Waals surface area (Å²) in [6.07, 6.45) is 7.32. The van der Waals surface area contributed by atoms with Crippen LogP contribution in [0, 0.1) is 0 Å². The van der Waals surface area contributed by atoms with Crippen LogP contribution in [-0.4, -0.2) is 11.7 Å². The lowest BCUT2D eigenvalue weighted by Crippen LogP contribution is -1.96. The summed E-state index contributed by atoms with van der Waals surface area (Å²) in [6.45, 7) is 1.27. The van der Waals surface area contributed by atoms with Crippen molar-refractivity contribution < 1.29 is 9.84 Å². The fourth-order valence-electron chi connectivity index (χ4n) is 2.52. The third-order valence-corrected chi connectivity index (χ3v) is 3.85. The van der Waals surface area contributed by atoms with Crippen LogP contribution in [0.2, 0.25) is 0 Å². The molecule has 2 rings (SSSR count). The average Bonchev–Trinajstić information content (AvgIpc) is 2.56. The van der Waals surface area contributed by atoms with Crippen LogP contribution in [0.4, 0.5) is 0 Å². The highest BCUT2D eigenvalue weighted by Gasteiger charge is 1.99. The van der Waals surface area contributed by atoms with Crippen molar-refractivity contribution in [3.05, 3.63) is 65.7 Å². The number of phenols is 1. The molecule has 0 unspecified atom stereocenters. The van der Waals surface area contributed by atoms with E-state index in [2.05, 4.69) is 30.3 Å². The van der Waals surface area contributed by atoms with Gasteiger partial charge in [0.2, 0.25) is 0 Å². The highest BCUT2D eigenvalue weighted by atomic mass is 16.5. The van der Waals surface area contributed by atoms with E-state index in [-0.39, 0.29) is 0 Å². The molecule has 1 N–H and O–H groups in total. The number of unbranched alkanes of at least 4 members (excludes halogenated alkanes) is 4. The van der Waals surface area contributed by atoms with Crippen LogP contribution in [-0.2, 0) is 17.8 Å². The first-order valence-electron chi connectivity index (χ1n) is 8.25. The lowest BCUT2D eigenvalue weighted by Gasteiger charge is -2.06.